The SMILES string of the molecule is CCC(=O)O.CCCCCCCCCCCCCCSOC(=O)CC. The van der Waals surface area contributed by atoms with Gasteiger partial charge in [0.2, 0.25) is 0 Å². The molecular weight excluding hydrogens is 336 g/mol. The summed E-state index contributed by atoms with van der Waals surface area (Å²) in [7, 11) is 0. The number of rotatable bonds is 16. The second kappa shape index (κ2) is 23.3. The zero-order chi connectivity index (χ0) is 19.2. The van der Waals surface area contributed by atoms with Gasteiger partial charge in [0, 0.05) is 18.6 Å². The van der Waals surface area contributed by atoms with E-state index >= 15 is 0 Å². The summed E-state index contributed by atoms with van der Waals surface area (Å²) in [4.78, 5) is 20.3. The highest BCUT2D eigenvalue weighted by molar-refractivity contribution is 7.95. The van der Waals surface area contributed by atoms with Gasteiger partial charge in [-0.05, 0) is 6.42 Å². The maximum Gasteiger partial charge on any atom is 0.317 e. The van der Waals surface area contributed by atoms with Gasteiger partial charge in [-0.1, -0.05) is 91.4 Å². The van der Waals surface area contributed by atoms with Crippen molar-refractivity contribution in [2.75, 3.05) is 5.75 Å². The zero-order valence-corrected chi connectivity index (χ0v) is 17.5. The van der Waals surface area contributed by atoms with Crippen molar-refractivity contribution < 1.29 is 18.9 Å². The molecule has 0 heterocycles. The van der Waals surface area contributed by atoms with Gasteiger partial charge in [0.1, 0.15) is 0 Å². The molecule has 1 N–H and O–H groups in total. The molecule has 0 radical (unpaired) electrons. The molecule has 0 spiro atoms. The van der Waals surface area contributed by atoms with Crippen LogP contribution in [0.2, 0.25) is 0 Å². The first kappa shape index (κ1) is 26.5. The van der Waals surface area contributed by atoms with Crippen LogP contribution in [0.4, 0.5) is 0 Å². The van der Waals surface area contributed by atoms with Gasteiger partial charge in [0.05, 0.1) is 12.0 Å². The van der Waals surface area contributed by atoms with Crippen LogP contribution in [-0.2, 0) is 13.8 Å². The number of aliphatic carboxylic acids is 1. The standard InChI is InChI=1S/C17H34O2S.C3H6O2/c1-3-5-6-7-8-9-10-11-12-13-14-15-16-20-19-17(18)4-2;1-2-3(4)5/h3-16H2,1-2H3;2H2,1H3,(H,4,5). The lowest BCUT2D eigenvalue weighted by Crippen LogP contribution is -1.96. The molecule has 0 bridgehead atoms. The minimum atomic E-state index is -0.745. The summed E-state index contributed by atoms with van der Waals surface area (Å²) >= 11 is 1.32. The maximum absolute atomic E-state index is 10.9. The predicted octanol–water partition coefficient (Wildman–Crippen LogP) is 6.77. The predicted molar refractivity (Wildman–Crippen MR) is 108 cm³/mol. The smallest absolute Gasteiger partial charge is 0.317 e. The number of hydrogen-bond donors (Lipinski definition) is 1. The monoisotopic (exact) mass is 376 g/mol. The van der Waals surface area contributed by atoms with Crippen LogP contribution in [0.3, 0.4) is 0 Å². The fourth-order valence-electron chi connectivity index (χ4n) is 2.17. The van der Waals surface area contributed by atoms with E-state index in [2.05, 4.69) is 6.92 Å². The first-order valence-corrected chi connectivity index (χ1v) is 11.0. The number of carboxylic acid groups (broad SMARTS) is 1. The van der Waals surface area contributed by atoms with Crippen molar-refractivity contribution in [2.45, 2.75) is 111 Å². The Balaban J connectivity index is 0. The lowest BCUT2D eigenvalue weighted by Gasteiger charge is -2.03. The van der Waals surface area contributed by atoms with E-state index in [1.165, 1.54) is 89.1 Å². The van der Waals surface area contributed by atoms with Gasteiger partial charge in [-0.25, -0.2) is 0 Å². The third-order valence-corrected chi connectivity index (χ3v) is 4.58. The molecule has 0 aromatic carbocycles. The molecule has 0 atom stereocenters. The van der Waals surface area contributed by atoms with Crippen LogP contribution < -0.4 is 0 Å². The summed E-state index contributed by atoms with van der Waals surface area (Å²) in [6.07, 6.45) is 17.1. The molecule has 5 heteroatoms. The van der Waals surface area contributed by atoms with Gasteiger partial charge in [0.25, 0.3) is 0 Å². The molecule has 0 aliphatic heterocycles. The molecule has 0 aliphatic rings. The van der Waals surface area contributed by atoms with E-state index in [0.29, 0.717) is 6.42 Å². The van der Waals surface area contributed by atoms with Gasteiger partial charge < -0.3 is 9.29 Å². The average molecular weight is 377 g/mol. The summed E-state index contributed by atoms with van der Waals surface area (Å²) in [5, 5.41) is 7.72. The lowest BCUT2D eigenvalue weighted by atomic mass is 10.1. The third-order valence-electron chi connectivity index (χ3n) is 3.82. The minimum Gasteiger partial charge on any atom is -0.481 e. The van der Waals surface area contributed by atoms with Crippen molar-refractivity contribution in [3.05, 3.63) is 0 Å². The number of hydrogen-bond acceptors (Lipinski definition) is 4. The van der Waals surface area contributed by atoms with E-state index in [1.54, 1.807) is 6.92 Å². The van der Waals surface area contributed by atoms with Gasteiger partial charge in [-0.15, -0.1) is 0 Å². The molecule has 0 saturated carbocycles. The minimum absolute atomic E-state index is 0.103. The highest BCUT2D eigenvalue weighted by Crippen LogP contribution is 2.13. The number of carbonyl (C=O) groups is 2. The van der Waals surface area contributed by atoms with E-state index in [0.717, 1.165) is 5.75 Å². The summed E-state index contributed by atoms with van der Waals surface area (Å²) in [6, 6.07) is 0. The van der Waals surface area contributed by atoms with Gasteiger partial charge in [-0.2, -0.15) is 0 Å². The highest BCUT2D eigenvalue weighted by Gasteiger charge is 1.98. The molecule has 0 aliphatic carbocycles. The van der Waals surface area contributed by atoms with Crippen LogP contribution in [0.1, 0.15) is 111 Å². The van der Waals surface area contributed by atoms with Crippen molar-refractivity contribution in [1.29, 1.82) is 0 Å². The Labute approximate surface area is 159 Å². The van der Waals surface area contributed by atoms with E-state index in [-0.39, 0.29) is 12.4 Å². The third kappa shape index (κ3) is 28.4. The maximum atomic E-state index is 10.9. The Bertz CT molecular complexity index is 295. The summed E-state index contributed by atoms with van der Waals surface area (Å²) in [5.41, 5.74) is 0. The molecule has 0 aromatic rings. The van der Waals surface area contributed by atoms with E-state index < -0.39 is 5.97 Å². The normalized spacial score (nSPS) is 10.0. The van der Waals surface area contributed by atoms with Crippen molar-refractivity contribution in [3.8, 4) is 0 Å². The van der Waals surface area contributed by atoms with Gasteiger partial charge >= 0.3 is 11.9 Å². The lowest BCUT2D eigenvalue weighted by molar-refractivity contribution is -0.136. The van der Waals surface area contributed by atoms with Crippen LogP contribution in [-0.4, -0.2) is 22.8 Å². The quantitative estimate of drug-likeness (QED) is 0.238. The first-order chi connectivity index (χ1) is 12.1. The average Bonchev–Trinajstić information content (AvgIpc) is 2.62. The Morgan fingerprint density at radius 1 is 0.720 bits per heavy atom. The second-order valence-corrected chi connectivity index (χ2v) is 7.08. The fraction of sp³-hybridized carbons (Fsp3) is 0.900. The molecule has 0 saturated heterocycles. The molecular formula is C20H40O4S. The molecule has 0 amide bonds. The highest BCUT2D eigenvalue weighted by atomic mass is 32.2. The number of carboxylic acids is 1. The van der Waals surface area contributed by atoms with Crippen molar-refractivity contribution in [2.24, 2.45) is 0 Å². The molecule has 0 rings (SSSR count). The molecule has 0 fully saturated rings. The topological polar surface area (TPSA) is 63.6 Å². The van der Waals surface area contributed by atoms with Crippen LogP contribution in [0.5, 0.6) is 0 Å². The molecule has 0 unspecified atom stereocenters. The van der Waals surface area contributed by atoms with Crippen molar-refractivity contribution in [3.63, 3.8) is 0 Å². The Hall–Kier alpha value is -0.710. The Kier molecular flexibility index (Phi) is 24.7. The Morgan fingerprint density at radius 2 is 1.12 bits per heavy atom. The second-order valence-electron chi connectivity index (χ2n) is 6.27. The van der Waals surface area contributed by atoms with E-state index in [4.69, 9.17) is 9.29 Å². The number of carbonyl (C=O) groups excluding carboxylic acids is 1. The van der Waals surface area contributed by atoms with Crippen LogP contribution >= 0.6 is 12.0 Å². The van der Waals surface area contributed by atoms with Crippen LogP contribution in [0.15, 0.2) is 0 Å². The first-order valence-electron chi connectivity index (χ1n) is 10.1. The van der Waals surface area contributed by atoms with Crippen LogP contribution in [0.25, 0.3) is 0 Å². The molecule has 150 valence electrons. The molecule has 25 heavy (non-hydrogen) atoms. The van der Waals surface area contributed by atoms with E-state index in [1.807, 2.05) is 6.92 Å². The number of unbranched alkanes of at least 4 members (excludes halogenated alkanes) is 11. The van der Waals surface area contributed by atoms with Gasteiger partial charge in [-0.3, -0.25) is 9.59 Å². The summed E-state index contributed by atoms with van der Waals surface area (Å²) in [5.74, 6) is 0.0994. The summed E-state index contributed by atoms with van der Waals surface area (Å²) < 4.78 is 4.97. The largest absolute Gasteiger partial charge is 0.481 e. The van der Waals surface area contributed by atoms with Crippen LogP contribution in [0, 0.1) is 0 Å². The zero-order valence-electron chi connectivity index (χ0n) is 16.7. The molecule has 0 aromatic heterocycles. The fourth-order valence-corrected chi connectivity index (χ4v) is 2.82. The van der Waals surface area contributed by atoms with Crippen molar-refractivity contribution >= 4 is 24.0 Å². The summed E-state index contributed by atoms with van der Waals surface area (Å²) in [6.45, 7) is 5.70. The molecule has 4 nitrogen and oxygen atoms in total. The van der Waals surface area contributed by atoms with E-state index in [9.17, 15) is 9.59 Å². The Morgan fingerprint density at radius 3 is 1.48 bits per heavy atom. The van der Waals surface area contributed by atoms with Gasteiger partial charge in [0.15, 0.2) is 0 Å². The van der Waals surface area contributed by atoms with Crippen molar-refractivity contribution in [1.82, 2.24) is 0 Å².